The molecular formula is C24H39N3O2. The van der Waals surface area contributed by atoms with Crippen LogP contribution in [0.15, 0.2) is 18.2 Å². The van der Waals surface area contributed by atoms with Crippen LogP contribution < -0.4 is 10.2 Å². The molecule has 1 aromatic carbocycles. The van der Waals surface area contributed by atoms with Crippen molar-refractivity contribution in [1.82, 2.24) is 4.90 Å². The molecule has 0 radical (unpaired) electrons. The number of rotatable bonds is 7. The highest BCUT2D eigenvalue weighted by atomic mass is 16.2. The lowest BCUT2D eigenvalue weighted by atomic mass is 9.85. The van der Waals surface area contributed by atoms with E-state index in [0.717, 1.165) is 36.2 Å². The molecule has 1 aliphatic rings. The molecule has 0 aliphatic heterocycles. The maximum Gasteiger partial charge on any atom is 0.228 e. The molecule has 0 heterocycles. The Bertz CT molecular complexity index is 730. The van der Waals surface area contributed by atoms with Gasteiger partial charge >= 0.3 is 0 Å². The maximum absolute atomic E-state index is 13.2. The number of carbonyl (C=O) groups excluding carboxylic acids is 2. The van der Waals surface area contributed by atoms with Gasteiger partial charge in [-0.15, -0.1) is 0 Å². The Balaban J connectivity index is 2.35. The Morgan fingerprint density at radius 3 is 2.21 bits per heavy atom. The number of benzene rings is 1. The van der Waals surface area contributed by atoms with E-state index in [-0.39, 0.29) is 23.8 Å². The van der Waals surface area contributed by atoms with Crippen LogP contribution in [0.2, 0.25) is 0 Å². The Kier molecular flexibility index (Phi) is 7.36. The van der Waals surface area contributed by atoms with Crippen molar-refractivity contribution in [2.45, 2.75) is 73.4 Å². The minimum Gasteiger partial charge on any atom is -0.377 e. The number of amides is 2. The molecule has 5 nitrogen and oxygen atoms in total. The molecule has 0 spiro atoms. The summed E-state index contributed by atoms with van der Waals surface area (Å²) in [6.45, 7) is 12.8. The summed E-state index contributed by atoms with van der Waals surface area (Å²) in [7, 11) is 4.01. The van der Waals surface area contributed by atoms with Crippen molar-refractivity contribution in [3.05, 3.63) is 23.8 Å². The topological polar surface area (TPSA) is 52.7 Å². The molecular weight excluding hydrogens is 362 g/mol. The molecule has 1 atom stereocenters. The van der Waals surface area contributed by atoms with E-state index >= 15 is 0 Å². The zero-order valence-electron chi connectivity index (χ0n) is 19.5. The molecule has 1 aliphatic carbocycles. The van der Waals surface area contributed by atoms with Crippen LogP contribution in [0.1, 0.15) is 66.4 Å². The molecule has 29 heavy (non-hydrogen) atoms. The zero-order valence-corrected chi connectivity index (χ0v) is 19.5. The third kappa shape index (κ3) is 5.74. The summed E-state index contributed by atoms with van der Waals surface area (Å²) in [4.78, 5) is 29.7. The predicted octanol–water partition coefficient (Wildman–Crippen LogP) is 4.91. The van der Waals surface area contributed by atoms with Gasteiger partial charge in [0, 0.05) is 49.4 Å². The Morgan fingerprint density at radius 1 is 1.14 bits per heavy atom. The number of hydrogen-bond acceptors (Lipinski definition) is 3. The van der Waals surface area contributed by atoms with Crippen LogP contribution in [-0.4, -0.2) is 36.9 Å². The highest BCUT2D eigenvalue weighted by Crippen LogP contribution is 2.31. The first-order chi connectivity index (χ1) is 13.4. The van der Waals surface area contributed by atoms with Gasteiger partial charge in [0.2, 0.25) is 11.8 Å². The van der Waals surface area contributed by atoms with Gasteiger partial charge in [0.1, 0.15) is 0 Å². The highest BCUT2D eigenvalue weighted by molar-refractivity contribution is 5.93. The molecule has 1 fully saturated rings. The van der Waals surface area contributed by atoms with Crippen molar-refractivity contribution in [1.29, 1.82) is 0 Å². The molecule has 1 saturated carbocycles. The summed E-state index contributed by atoms with van der Waals surface area (Å²) in [6.07, 6.45) is 3.10. The lowest BCUT2D eigenvalue weighted by Gasteiger charge is -2.37. The summed E-state index contributed by atoms with van der Waals surface area (Å²) < 4.78 is 0. The van der Waals surface area contributed by atoms with Crippen LogP contribution in [0.25, 0.3) is 0 Å². The highest BCUT2D eigenvalue weighted by Gasteiger charge is 2.32. The van der Waals surface area contributed by atoms with Crippen LogP contribution in [0, 0.1) is 17.3 Å². The quantitative estimate of drug-likeness (QED) is 0.706. The van der Waals surface area contributed by atoms with E-state index in [0.29, 0.717) is 12.5 Å². The molecule has 2 amide bonds. The van der Waals surface area contributed by atoms with Gasteiger partial charge < -0.3 is 15.1 Å². The maximum atomic E-state index is 13.2. The molecule has 162 valence electrons. The summed E-state index contributed by atoms with van der Waals surface area (Å²) >= 11 is 0. The Hall–Kier alpha value is -2.04. The van der Waals surface area contributed by atoms with E-state index in [1.807, 2.05) is 58.0 Å². The number of carbonyl (C=O) groups is 2. The van der Waals surface area contributed by atoms with E-state index in [1.165, 1.54) is 0 Å². The van der Waals surface area contributed by atoms with Gasteiger partial charge in [-0.25, -0.2) is 0 Å². The second kappa shape index (κ2) is 9.19. The third-order valence-corrected chi connectivity index (χ3v) is 6.00. The van der Waals surface area contributed by atoms with Crippen molar-refractivity contribution in [3.63, 3.8) is 0 Å². The number of anilines is 2. The fourth-order valence-electron chi connectivity index (χ4n) is 3.52. The van der Waals surface area contributed by atoms with E-state index in [9.17, 15) is 9.59 Å². The summed E-state index contributed by atoms with van der Waals surface area (Å²) in [5, 5.41) is 3.07. The fraction of sp³-hybridized carbons (Fsp3) is 0.667. The molecule has 5 heteroatoms. The van der Waals surface area contributed by atoms with Gasteiger partial charge in [-0.3, -0.25) is 9.59 Å². The normalized spacial score (nSPS) is 15.6. The second-order valence-electron chi connectivity index (χ2n) is 10.0. The van der Waals surface area contributed by atoms with Gasteiger partial charge in [0.15, 0.2) is 0 Å². The minimum atomic E-state index is -0.447. The Labute approximate surface area is 176 Å². The lowest BCUT2D eigenvalue weighted by Crippen LogP contribution is -2.46. The van der Waals surface area contributed by atoms with Crippen LogP contribution >= 0.6 is 0 Å². The molecule has 0 unspecified atom stereocenters. The van der Waals surface area contributed by atoms with Gasteiger partial charge in [-0.1, -0.05) is 41.0 Å². The van der Waals surface area contributed by atoms with Gasteiger partial charge in [-0.2, -0.15) is 0 Å². The average Bonchev–Trinajstić information content (AvgIpc) is 2.55. The minimum absolute atomic E-state index is 0.109. The standard InChI is InChI=1S/C24H39N3O2/c1-16(2)17(3)27(23(29)24(4,5)6)15-19-14-20(12-13-21(19)26(7)8)25-22(28)18-10-9-11-18/h12-14,16-18H,9-11,15H2,1-8H3,(H,25,28)/t17-/m0/s1. The van der Waals surface area contributed by atoms with Crippen LogP contribution in [0.3, 0.4) is 0 Å². The largest absolute Gasteiger partial charge is 0.377 e. The van der Waals surface area contributed by atoms with Crippen LogP contribution in [-0.2, 0) is 16.1 Å². The summed E-state index contributed by atoms with van der Waals surface area (Å²) in [5.74, 6) is 0.753. The van der Waals surface area contributed by atoms with Crippen LogP contribution in [0.5, 0.6) is 0 Å². The lowest BCUT2D eigenvalue weighted by molar-refractivity contribution is -0.143. The van der Waals surface area contributed by atoms with E-state index in [2.05, 4.69) is 31.0 Å². The van der Waals surface area contributed by atoms with Crippen molar-refractivity contribution < 1.29 is 9.59 Å². The van der Waals surface area contributed by atoms with Crippen molar-refractivity contribution in [2.75, 3.05) is 24.3 Å². The van der Waals surface area contributed by atoms with Gasteiger partial charge in [0.25, 0.3) is 0 Å². The van der Waals surface area contributed by atoms with Gasteiger partial charge in [0.05, 0.1) is 0 Å². The molecule has 0 saturated heterocycles. The number of nitrogens with zero attached hydrogens (tertiary/aromatic N) is 2. The Morgan fingerprint density at radius 2 is 1.76 bits per heavy atom. The first-order valence-corrected chi connectivity index (χ1v) is 10.8. The zero-order chi connectivity index (χ0) is 21.9. The number of nitrogens with one attached hydrogen (secondary N) is 1. The first-order valence-electron chi connectivity index (χ1n) is 10.8. The van der Waals surface area contributed by atoms with Crippen molar-refractivity contribution in [3.8, 4) is 0 Å². The smallest absolute Gasteiger partial charge is 0.228 e. The molecule has 0 bridgehead atoms. The molecule has 1 N–H and O–H groups in total. The molecule has 2 rings (SSSR count). The molecule has 0 aromatic heterocycles. The SMILES string of the molecule is CC(C)[C@H](C)N(Cc1cc(NC(=O)C2CCC2)ccc1N(C)C)C(=O)C(C)(C)C. The monoisotopic (exact) mass is 401 g/mol. The summed E-state index contributed by atoms with van der Waals surface area (Å²) in [5.41, 5.74) is 2.47. The number of hydrogen-bond donors (Lipinski definition) is 1. The average molecular weight is 402 g/mol. The van der Waals surface area contributed by atoms with Crippen LogP contribution in [0.4, 0.5) is 11.4 Å². The third-order valence-electron chi connectivity index (χ3n) is 6.00. The van der Waals surface area contributed by atoms with Gasteiger partial charge in [-0.05, 0) is 49.4 Å². The first kappa shape index (κ1) is 23.2. The van der Waals surface area contributed by atoms with E-state index in [1.54, 1.807) is 0 Å². The van der Waals surface area contributed by atoms with E-state index < -0.39 is 5.41 Å². The molecule has 1 aromatic rings. The summed E-state index contributed by atoms with van der Waals surface area (Å²) in [6, 6.07) is 6.13. The fourth-order valence-corrected chi connectivity index (χ4v) is 3.52. The van der Waals surface area contributed by atoms with Crippen molar-refractivity contribution in [2.24, 2.45) is 17.3 Å². The van der Waals surface area contributed by atoms with E-state index in [4.69, 9.17) is 0 Å². The predicted molar refractivity (Wildman–Crippen MR) is 121 cm³/mol. The van der Waals surface area contributed by atoms with Crippen molar-refractivity contribution >= 4 is 23.2 Å². The second-order valence-corrected chi connectivity index (χ2v) is 10.0.